The van der Waals surface area contributed by atoms with Crippen molar-refractivity contribution in [1.29, 1.82) is 0 Å². The average Bonchev–Trinajstić information content (AvgIpc) is 2.28. The largest absolute Gasteiger partial charge is 0.384 e. The Labute approximate surface area is 99.8 Å². The van der Waals surface area contributed by atoms with Crippen LogP contribution < -0.4 is 0 Å². The van der Waals surface area contributed by atoms with Crippen LogP contribution in [0, 0.1) is 19.7 Å². The van der Waals surface area contributed by atoms with Crippen molar-refractivity contribution >= 4 is 0 Å². The number of hydrogen-bond donors (Lipinski definition) is 1. The van der Waals surface area contributed by atoms with Gasteiger partial charge in [-0.25, -0.2) is 4.39 Å². The number of aliphatic hydroxyl groups excluding tert-OH is 1. The van der Waals surface area contributed by atoms with Crippen molar-refractivity contribution in [3.8, 4) is 0 Å². The summed E-state index contributed by atoms with van der Waals surface area (Å²) in [5.41, 5.74) is 3.08. The van der Waals surface area contributed by atoms with Gasteiger partial charge in [-0.05, 0) is 54.8 Å². The third kappa shape index (κ3) is 2.50. The molecule has 0 saturated heterocycles. The van der Waals surface area contributed by atoms with E-state index < -0.39 is 6.10 Å². The lowest BCUT2D eigenvalue weighted by Gasteiger charge is -2.14. The monoisotopic (exact) mass is 231 g/mol. The van der Waals surface area contributed by atoms with Crippen molar-refractivity contribution in [1.82, 2.24) is 4.98 Å². The normalized spacial score (nSPS) is 12.5. The van der Waals surface area contributed by atoms with Crippen LogP contribution in [0.15, 0.2) is 36.5 Å². The molecule has 0 aliphatic rings. The van der Waals surface area contributed by atoms with E-state index in [-0.39, 0.29) is 5.82 Å². The molecule has 0 fully saturated rings. The van der Waals surface area contributed by atoms with Gasteiger partial charge in [0.2, 0.25) is 0 Å². The predicted molar refractivity (Wildman–Crippen MR) is 64.2 cm³/mol. The van der Waals surface area contributed by atoms with Crippen molar-refractivity contribution < 1.29 is 9.50 Å². The van der Waals surface area contributed by atoms with Crippen LogP contribution in [-0.2, 0) is 0 Å². The molecule has 0 spiro atoms. The van der Waals surface area contributed by atoms with Gasteiger partial charge in [0.15, 0.2) is 0 Å². The van der Waals surface area contributed by atoms with Crippen molar-refractivity contribution in [3.05, 3.63) is 64.7 Å². The van der Waals surface area contributed by atoms with E-state index >= 15 is 0 Å². The Balaban J connectivity index is 2.40. The summed E-state index contributed by atoms with van der Waals surface area (Å²) in [6, 6.07) is 7.99. The molecule has 1 aromatic carbocycles. The zero-order valence-electron chi connectivity index (χ0n) is 9.81. The topological polar surface area (TPSA) is 33.1 Å². The molecule has 1 aromatic heterocycles. The highest BCUT2D eigenvalue weighted by molar-refractivity contribution is 5.35. The van der Waals surface area contributed by atoms with Crippen molar-refractivity contribution in [2.45, 2.75) is 20.0 Å². The van der Waals surface area contributed by atoms with Gasteiger partial charge in [0.05, 0.1) is 0 Å². The first-order chi connectivity index (χ1) is 8.08. The van der Waals surface area contributed by atoms with Gasteiger partial charge in [-0.2, -0.15) is 0 Å². The third-order valence-corrected chi connectivity index (χ3v) is 2.76. The van der Waals surface area contributed by atoms with E-state index in [1.54, 1.807) is 25.3 Å². The van der Waals surface area contributed by atoms with Crippen molar-refractivity contribution in [3.63, 3.8) is 0 Å². The average molecular weight is 231 g/mol. The zero-order valence-corrected chi connectivity index (χ0v) is 9.81. The standard InChI is InChI=1S/C14H14FNO/c1-9-7-12(15)3-4-13(9)14(17)11-5-6-16-10(2)8-11/h3-8,14,17H,1-2H3. The minimum Gasteiger partial charge on any atom is -0.384 e. The first-order valence-electron chi connectivity index (χ1n) is 5.44. The van der Waals surface area contributed by atoms with E-state index in [9.17, 15) is 9.50 Å². The summed E-state index contributed by atoms with van der Waals surface area (Å²) in [7, 11) is 0. The lowest BCUT2D eigenvalue weighted by Crippen LogP contribution is -2.03. The number of aromatic nitrogens is 1. The fraction of sp³-hybridized carbons (Fsp3) is 0.214. The molecule has 1 N–H and O–H groups in total. The Bertz CT molecular complexity index is 539. The summed E-state index contributed by atoms with van der Waals surface area (Å²) in [5, 5.41) is 10.2. The van der Waals surface area contributed by atoms with Gasteiger partial charge in [0.1, 0.15) is 11.9 Å². The quantitative estimate of drug-likeness (QED) is 0.862. The highest BCUT2D eigenvalue weighted by atomic mass is 19.1. The van der Waals surface area contributed by atoms with Crippen LogP contribution in [0.4, 0.5) is 4.39 Å². The lowest BCUT2D eigenvalue weighted by atomic mass is 9.98. The molecular formula is C14H14FNO. The van der Waals surface area contributed by atoms with Crippen LogP contribution in [0.1, 0.15) is 28.5 Å². The molecule has 2 rings (SSSR count). The number of benzene rings is 1. The lowest BCUT2D eigenvalue weighted by molar-refractivity contribution is 0.219. The SMILES string of the molecule is Cc1cc(C(O)c2ccc(F)cc2C)ccn1. The highest BCUT2D eigenvalue weighted by Crippen LogP contribution is 2.25. The maximum atomic E-state index is 13.0. The van der Waals surface area contributed by atoms with E-state index in [0.717, 1.165) is 22.4 Å². The summed E-state index contributed by atoms with van der Waals surface area (Å²) in [4.78, 5) is 4.08. The highest BCUT2D eigenvalue weighted by Gasteiger charge is 2.13. The number of aryl methyl sites for hydroxylation is 2. The van der Waals surface area contributed by atoms with E-state index in [1.807, 2.05) is 13.0 Å². The van der Waals surface area contributed by atoms with Gasteiger partial charge < -0.3 is 5.11 Å². The second-order valence-corrected chi connectivity index (χ2v) is 4.13. The molecule has 1 unspecified atom stereocenters. The number of rotatable bonds is 2. The van der Waals surface area contributed by atoms with Crippen molar-refractivity contribution in [2.75, 3.05) is 0 Å². The first-order valence-corrected chi connectivity index (χ1v) is 5.44. The van der Waals surface area contributed by atoms with Gasteiger partial charge in [0, 0.05) is 11.9 Å². The Hall–Kier alpha value is -1.74. The molecule has 1 atom stereocenters. The summed E-state index contributed by atoms with van der Waals surface area (Å²) < 4.78 is 13.0. The smallest absolute Gasteiger partial charge is 0.123 e. The number of halogens is 1. The molecule has 0 aliphatic carbocycles. The second kappa shape index (κ2) is 4.63. The maximum absolute atomic E-state index is 13.0. The van der Waals surface area contributed by atoms with Gasteiger partial charge in [-0.3, -0.25) is 4.98 Å². The van der Waals surface area contributed by atoms with E-state index in [2.05, 4.69) is 4.98 Å². The van der Waals surface area contributed by atoms with Crippen LogP contribution >= 0.6 is 0 Å². The molecule has 0 saturated carbocycles. The number of nitrogens with zero attached hydrogens (tertiary/aromatic N) is 1. The molecule has 1 heterocycles. The van der Waals surface area contributed by atoms with Crippen LogP contribution in [0.3, 0.4) is 0 Å². The zero-order chi connectivity index (χ0) is 12.4. The van der Waals surface area contributed by atoms with Gasteiger partial charge in [0.25, 0.3) is 0 Å². The van der Waals surface area contributed by atoms with Gasteiger partial charge in [-0.15, -0.1) is 0 Å². The minimum atomic E-state index is -0.739. The molecule has 2 aromatic rings. The second-order valence-electron chi connectivity index (χ2n) is 4.13. The van der Waals surface area contributed by atoms with Gasteiger partial charge in [-0.1, -0.05) is 6.07 Å². The Morgan fingerprint density at radius 2 is 1.94 bits per heavy atom. The summed E-state index contributed by atoms with van der Waals surface area (Å²) in [6.45, 7) is 3.66. The van der Waals surface area contributed by atoms with Crippen LogP contribution in [0.5, 0.6) is 0 Å². The molecular weight excluding hydrogens is 217 g/mol. The third-order valence-electron chi connectivity index (χ3n) is 2.76. The fourth-order valence-electron chi connectivity index (χ4n) is 1.86. The molecule has 0 radical (unpaired) electrons. The minimum absolute atomic E-state index is 0.288. The van der Waals surface area contributed by atoms with E-state index in [4.69, 9.17) is 0 Å². The molecule has 3 heteroatoms. The van der Waals surface area contributed by atoms with E-state index in [0.29, 0.717) is 0 Å². The van der Waals surface area contributed by atoms with Crippen LogP contribution in [0.25, 0.3) is 0 Å². The Kier molecular flexibility index (Phi) is 3.20. The molecule has 0 bridgehead atoms. The van der Waals surface area contributed by atoms with E-state index in [1.165, 1.54) is 12.1 Å². The number of hydrogen-bond acceptors (Lipinski definition) is 2. The van der Waals surface area contributed by atoms with Crippen LogP contribution in [-0.4, -0.2) is 10.1 Å². The Morgan fingerprint density at radius 3 is 2.59 bits per heavy atom. The summed E-state index contributed by atoms with van der Waals surface area (Å²) in [5.74, 6) is -0.288. The van der Waals surface area contributed by atoms with Crippen molar-refractivity contribution in [2.24, 2.45) is 0 Å². The van der Waals surface area contributed by atoms with Crippen LogP contribution in [0.2, 0.25) is 0 Å². The molecule has 17 heavy (non-hydrogen) atoms. The molecule has 0 aliphatic heterocycles. The molecule has 0 amide bonds. The van der Waals surface area contributed by atoms with Gasteiger partial charge >= 0.3 is 0 Å². The molecule has 2 nitrogen and oxygen atoms in total. The summed E-state index contributed by atoms with van der Waals surface area (Å²) in [6.07, 6.45) is 0.921. The number of pyridine rings is 1. The molecule has 88 valence electrons. The summed E-state index contributed by atoms with van der Waals surface area (Å²) >= 11 is 0. The maximum Gasteiger partial charge on any atom is 0.123 e. The fourth-order valence-corrected chi connectivity index (χ4v) is 1.86. The predicted octanol–water partition coefficient (Wildman–Crippen LogP) is 2.92. The Morgan fingerprint density at radius 1 is 1.18 bits per heavy atom. The first kappa shape index (κ1) is 11.7. The number of aliphatic hydroxyl groups is 1.